The lowest BCUT2D eigenvalue weighted by atomic mass is 10.3. The van der Waals surface area contributed by atoms with E-state index in [-0.39, 0.29) is 54.4 Å². The number of sulfonamides is 1. The maximum absolute atomic E-state index is 13.3. The molecule has 0 spiro atoms. The molecule has 178 valence electrons. The fourth-order valence-electron chi connectivity index (χ4n) is 3.08. The van der Waals surface area contributed by atoms with Gasteiger partial charge in [0.25, 0.3) is 0 Å². The van der Waals surface area contributed by atoms with Crippen molar-refractivity contribution in [2.24, 2.45) is 4.99 Å². The second-order valence-corrected chi connectivity index (χ2v) is 9.52. The van der Waals surface area contributed by atoms with E-state index in [1.54, 1.807) is 19.2 Å². The summed E-state index contributed by atoms with van der Waals surface area (Å²) in [4.78, 5) is 6.31. The van der Waals surface area contributed by atoms with E-state index >= 15 is 0 Å². The van der Waals surface area contributed by atoms with Crippen LogP contribution in [0.5, 0.6) is 5.75 Å². The molecule has 1 N–H and O–H groups in total. The van der Waals surface area contributed by atoms with Gasteiger partial charge in [-0.1, -0.05) is 6.07 Å². The summed E-state index contributed by atoms with van der Waals surface area (Å²) < 4.78 is 50.8. The number of piperazine rings is 1. The molecule has 8 nitrogen and oxygen atoms in total. The summed E-state index contributed by atoms with van der Waals surface area (Å²) in [5.74, 6) is 0.809. The van der Waals surface area contributed by atoms with Crippen LogP contribution in [-0.4, -0.2) is 87.9 Å². The topological polar surface area (TPSA) is 83.5 Å². The number of aliphatic imine (C=N–C) groups is 1. The highest BCUT2D eigenvalue weighted by Crippen LogP contribution is 2.14. The molecular formula is C20H34FIN4O4S. The number of rotatable bonds is 9. The van der Waals surface area contributed by atoms with Crippen LogP contribution in [0.25, 0.3) is 0 Å². The Hall–Kier alpha value is -1.18. The average molecular weight is 572 g/mol. The molecule has 0 radical (unpaired) electrons. The van der Waals surface area contributed by atoms with Crippen molar-refractivity contribution in [1.82, 2.24) is 14.5 Å². The summed E-state index contributed by atoms with van der Waals surface area (Å²) in [6, 6.07) is 6.03. The third-order valence-corrected chi connectivity index (χ3v) is 6.45. The Bertz CT molecular complexity index is 802. The highest BCUT2D eigenvalue weighted by atomic mass is 127. The van der Waals surface area contributed by atoms with Crippen LogP contribution >= 0.6 is 24.0 Å². The number of hydrogen-bond donors (Lipinski definition) is 1. The molecule has 1 unspecified atom stereocenters. The average Bonchev–Trinajstić information content (AvgIpc) is 2.68. The van der Waals surface area contributed by atoms with Crippen LogP contribution in [0.2, 0.25) is 0 Å². The van der Waals surface area contributed by atoms with Crippen LogP contribution in [0.4, 0.5) is 4.39 Å². The number of ether oxygens (including phenoxy) is 2. The Morgan fingerprint density at radius 2 is 1.90 bits per heavy atom. The van der Waals surface area contributed by atoms with Crippen LogP contribution in [0, 0.1) is 5.82 Å². The molecule has 0 aromatic heterocycles. The Morgan fingerprint density at radius 3 is 2.48 bits per heavy atom. The number of halogens is 2. The van der Waals surface area contributed by atoms with Crippen molar-refractivity contribution in [2.45, 2.75) is 33.0 Å². The van der Waals surface area contributed by atoms with Crippen molar-refractivity contribution in [3.63, 3.8) is 0 Å². The predicted octanol–water partition coefficient (Wildman–Crippen LogP) is 2.16. The van der Waals surface area contributed by atoms with Crippen molar-refractivity contribution < 1.29 is 22.3 Å². The van der Waals surface area contributed by atoms with E-state index in [0.717, 1.165) is 0 Å². The van der Waals surface area contributed by atoms with E-state index in [9.17, 15) is 12.8 Å². The summed E-state index contributed by atoms with van der Waals surface area (Å²) in [7, 11) is -1.64. The van der Waals surface area contributed by atoms with E-state index in [1.165, 1.54) is 16.4 Å². The molecule has 0 bridgehead atoms. The minimum absolute atomic E-state index is 0. The summed E-state index contributed by atoms with van der Waals surface area (Å²) in [6.07, 6.45) is -0.190. The van der Waals surface area contributed by atoms with Gasteiger partial charge in [-0.05, 0) is 32.9 Å². The van der Waals surface area contributed by atoms with Crippen molar-refractivity contribution in [2.75, 3.05) is 52.1 Å². The van der Waals surface area contributed by atoms with Crippen LogP contribution in [0.1, 0.15) is 20.8 Å². The molecule has 1 aliphatic heterocycles. The summed E-state index contributed by atoms with van der Waals surface area (Å²) >= 11 is 0. The fraction of sp³-hybridized carbons (Fsp3) is 0.650. The third kappa shape index (κ3) is 9.46. The normalized spacial score (nSPS) is 16.7. The van der Waals surface area contributed by atoms with Crippen molar-refractivity contribution >= 4 is 40.0 Å². The smallest absolute Gasteiger partial charge is 0.216 e. The van der Waals surface area contributed by atoms with Gasteiger partial charge in [-0.2, -0.15) is 4.31 Å². The van der Waals surface area contributed by atoms with Crippen LogP contribution in [0.3, 0.4) is 0 Å². The lowest BCUT2D eigenvalue weighted by molar-refractivity contribution is 0.0904. The number of nitrogens with one attached hydrogen (secondary N) is 1. The highest BCUT2D eigenvalue weighted by Gasteiger charge is 2.28. The number of guanidine groups is 1. The van der Waals surface area contributed by atoms with Gasteiger partial charge < -0.3 is 19.7 Å². The molecule has 31 heavy (non-hydrogen) atoms. The zero-order chi connectivity index (χ0) is 22.1. The lowest BCUT2D eigenvalue weighted by Crippen LogP contribution is -2.55. The summed E-state index contributed by atoms with van der Waals surface area (Å²) in [5, 5.41) is 3.24. The maximum atomic E-state index is 13.3. The quantitative estimate of drug-likeness (QED) is 0.278. The first-order valence-electron chi connectivity index (χ1n) is 10.2. The van der Waals surface area contributed by atoms with Crippen molar-refractivity contribution in [1.29, 1.82) is 0 Å². The zero-order valence-electron chi connectivity index (χ0n) is 18.6. The van der Waals surface area contributed by atoms with Gasteiger partial charge in [0.2, 0.25) is 10.0 Å². The van der Waals surface area contributed by atoms with Gasteiger partial charge in [-0.15, -0.1) is 24.0 Å². The molecule has 0 amide bonds. The number of nitrogens with zero attached hydrogens (tertiary/aromatic N) is 3. The van der Waals surface area contributed by atoms with E-state index in [0.29, 0.717) is 44.4 Å². The molecule has 1 aromatic rings. The summed E-state index contributed by atoms with van der Waals surface area (Å²) in [5.41, 5.74) is 0. The summed E-state index contributed by atoms with van der Waals surface area (Å²) in [6.45, 7) is 8.23. The van der Waals surface area contributed by atoms with Gasteiger partial charge >= 0.3 is 0 Å². The lowest BCUT2D eigenvalue weighted by Gasteiger charge is -2.36. The van der Waals surface area contributed by atoms with E-state index in [2.05, 4.69) is 10.3 Å². The molecule has 0 saturated carbocycles. The van der Waals surface area contributed by atoms with Crippen LogP contribution < -0.4 is 10.1 Å². The highest BCUT2D eigenvalue weighted by molar-refractivity contribution is 14.0. The van der Waals surface area contributed by atoms with E-state index in [1.807, 2.05) is 25.7 Å². The van der Waals surface area contributed by atoms with Gasteiger partial charge in [-0.25, -0.2) is 12.8 Å². The maximum Gasteiger partial charge on any atom is 0.216 e. The van der Waals surface area contributed by atoms with Gasteiger partial charge in [0.1, 0.15) is 17.7 Å². The molecule has 1 atom stereocenters. The molecule has 11 heteroatoms. The molecule has 1 heterocycles. The standard InChI is InChI=1S/C20H33FN4O4S.HI/c1-16(2)28-12-13-30(26,27)25-10-8-24(9-11-25)20(22-4)23-15-17(3)29-19-7-5-6-18(21)14-19;/h5-7,14,16-17H,8-13,15H2,1-4H3,(H,22,23);1H. The first kappa shape index (κ1) is 27.9. The Morgan fingerprint density at radius 1 is 1.23 bits per heavy atom. The molecule has 1 aromatic carbocycles. The van der Waals surface area contributed by atoms with Crippen molar-refractivity contribution in [3.05, 3.63) is 30.1 Å². The molecule has 1 fully saturated rings. The minimum atomic E-state index is -3.33. The molecule has 2 rings (SSSR count). The fourth-order valence-corrected chi connectivity index (χ4v) is 4.36. The molecule has 0 aliphatic carbocycles. The molecule has 1 aliphatic rings. The second-order valence-electron chi connectivity index (χ2n) is 7.44. The first-order valence-corrected chi connectivity index (χ1v) is 11.8. The van der Waals surface area contributed by atoms with Gasteiger partial charge in [0.05, 0.1) is 25.0 Å². The SMILES string of the molecule is CN=C(NCC(C)Oc1cccc(F)c1)N1CCN(S(=O)(=O)CCOC(C)C)CC1.I. The number of hydrogen-bond acceptors (Lipinski definition) is 5. The zero-order valence-corrected chi connectivity index (χ0v) is 21.7. The Kier molecular flexibility index (Phi) is 12.0. The largest absolute Gasteiger partial charge is 0.489 e. The predicted molar refractivity (Wildman–Crippen MR) is 131 cm³/mol. The first-order chi connectivity index (χ1) is 14.2. The van der Waals surface area contributed by atoms with E-state index < -0.39 is 10.0 Å². The second kappa shape index (κ2) is 13.4. The number of benzene rings is 1. The van der Waals surface area contributed by atoms with Gasteiger partial charge in [0, 0.05) is 39.3 Å². The monoisotopic (exact) mass is 572 g/mol. The third-order valence-electron chi connectivity index (χ3n) is 4.62. The van der Waals surface area contributed by atoms with E-state index in [4.69, 9.17) is 9.47 Å². The van der Waals surface area contributed by atoms with Crippen molar-refractivity contribution in [3.8, 4) is 5.75 Å². The molecular weight excluding hydrogens is 538 g/mol. The minimum Gasteiger partial charge on any atom is -0.489 e. The van der Waals surface area contributed by atoms with Gasteiger partial charge in [-0.3, -0.25) is 4.99 Å². The van der Waals surface area contributed by atoms with Crippen LogP contribution in [-0.2, 0) is 14.8 Å². The molecule has 1 saturated heterocycles. The van der Waals surface area contributed by atoms with Gasteiger partial charge in [0.15, 0.2) is 5.96 Å². The Labute approximate surface area is 202 Å². The Balaban J connectivity index is 0.00000480. The van der Waals surface area contributed by atoms with Crippen LogP contribution in [0.15, 0.2) is 29.3 Å².